The van der Waals surface area contributed by atoms with Gasteiger partial charge in [0.05, 0.1) is 17.2 Å². The lowest BCUT2D eigenvalue weighted by atomic mass is 9.96. The van der Waals surface area contributed by atoms with E-state index in [2.05, 4.69) is 24.2 Å². The molecule has 17 heavy (non-hydrogen) atoms. The van der Waals surface area contributed by atoms with Gasteiger partial charge in [0.15, 0.2) is 0 Å². The van der Waals surface area contributed by atoms with Crippen molar-refractivity contribution in [1.82, 2.24) is 9.88 Å². The third kappa shape index (κ3) is 3.28. The molecule has 1 atom stereocenters. The minimum atomic E-state index is 0.293. The Morgan fingerprint density at radius 1 is 1.59 bits per heavy atom. The second kappa shape index (κ2) is 5.17. The van der Waals surface area contributed by atoms with Crippen LogP contribution in [0.1, 0.15) is 37.4 Å². The maximum atomic E-state index is 11.9. The van der Waals surface area contributed by atoms with Crippen LogP contribution in [0.15, 0.2) is 5.38 Å². The highest BCUT2D eigenvalue weighted by Crippen LogP contribution is 2.25. The normalized spacial score (nSPS) is 20.6. The molecule has 1 amide bonds. The quantitative estimate of drug-likeness (QED) is 0.825. The van der Waals surface area contributed by atoms with Gasteiger partial charge in [0.25, 0.3) is 0 Å². The number of hydrogen-bond acceptors (Lipinski definition) is 3. The fourth-order valence-corrected chi connectivity index (χ4v) is 3.11. The van der Waals surface area contributed by atoms with Crippen LogP contribution < -0.4 is 0 Å². The Morgan fingerprint density at radius 3 is 2.94 bits per heavy atom. The molecule has 1 aliphatic heterocycles. The summed E-state index contributed by atoms with van der Waals surface area (Å²) < 4.78 is 0. The predicted molar refractivity (Wildman–Crippen MR) is 69.8 cm³/mol. The lowest BCUT2D eigenvalue weighted by molar-refractivity contribution is -0.128. The third-order valence-electron chi connectivity index (χ3n) is 3.12. The standard InChI is InChI=1S/C13H20N2OS/c1-9(2)4-11-5-13(16)15(6-11)7-12-8-17-10(3)14-12/h8-9,11H,4-7H2,1-3H3/t11-/m0/s1. The molecular weight excluding hydrogens is 232 g/mol. The summed E-state index contributed by atoms with van der Waals surface area (Å²) in [5.41, 5.74) is 1.03. The van der Waals surface area contributed by atoms with Gasteiger partial charge in [-0.1, -0.05) is 13.8 Å². The van der Waals surface area contributed by atoms with Gasteiger partial charge in [-0.2, -0.15) is 0 Å². The Bertz CT molecular complexity index is 400. The average molecular weight is 252 g/mol. The average Bonchev–Trinajstić information content (AvgIpc) is 2.74. The molecule has 0 spiro atoms. The lowest BCUT2D eigenvalue weighted by Gasteiger charge is -2.16. The second-order valence-electron chi connectivity index (χ2n) is 5.33. The van der Waals surface area contributed by atoms with Gasteiger partial charge >= 0.3 is 0 Å². The number of hydrogen-bond donors (Lipinski definition) is 0. The molecule has 2 heterocycles. The first kappa shape index (κ1) is 12.6. The molecule has 0 bridgehead atoms. The van der Waals surface area contributed by atoms with Crippen LogP contribution in [0.25, 0.3) is 0 Å². The van der Waals surface area contributed by atoms with Gasteiger partial charge in [-0.3, -0.25) is 4.79 Å². The molecule has 1 aromatic rings. The Labute approximate surface area is 107 Å². The van der Waals surface area contributed by atoms with Crippen LogP contribution in [0.2, 0.25) is 0 Å². The van der Waals surface area contributed by atoms with E-state index in [9.17, 15) is 4.79 Å². The smallest absolute Gasteiger partial charge is 0.223 e. The molecule has 1 aliphatic rings. The fourth-order valence-electron chi connectivity index (χ4n) is 2.51. The molecular formula is C13H20N2OS. The Morgan fingerprint density at radius 2 is 2.35 bits per heavy atom. The molecule has 4 heteroatoms. The highest BCUT2D eigenvalue weighted by Gasteiger charge is 2.30. The number of rotatable bonds is 4. The van der Waals surface area contributed by atoms with Crippen molar-refractivity contribution in [1.29, 1.82) is 0 Å². The van der Waals surface area contributed by atoms with Crippen LogP contribution in [-0.2, 0) is 11.3 Å². The number of aryl methyl sites for hydroxylation is 1. The SMILES string of the molecule is Cc1nc(CN2C[C@@H](CC(C)C)CC2=O)cs1. The number of carbonyl (C=O) groups excluding carboxylic acids is 1. The van der Waals surface area contributed by atoms with Gasteiger partial charge < -0.3 is 4.90 Å². The van der Waals surface area contributed by atoms with Crippen LogP contribution in [-0.4, -0.2) is 22.3 Å². The second-order valence-corrected chi connectivity index (χ2v) is 6.39. The molecule has 1 saturated heterocycles. The van der Waals surface area contributed by atoms with Gasteiger partial charge in [-0.25, -0.2) is 4.98 Å². The van der Waals surface area contributed by atoms with Gasteiger partial charge in [0.2, 0.25) is 5.91 Å². The minimum absolute atomic E-state index is 0.293. The maximum absolute atomic E-state index is 11.9. The zero-order chi connectivity index (χ0) is 12.4. The highest BCUT2D eigenvalue weighted by molar-refractivity contribution is 7.09. The summed E-state index contributed by atoms with van der Waals surface area (Å²) in [5.74, 6) is 1.51. The summed E-state index contributed by atoms with van der Waals surface area (Å²) in [7, 11) is 0. The van der Waals surface area contributed by atoms with E-state index in [0.29, 0.717) is 24.3 Å². The predicted octanol–water partition coefficient (Wildman–Crippen LogP) is 2.85. The van der Waals surface area contributed by atoms with Crippen molar-refractivity contribution >= 4 is 17.2 Å². The van der Waals surface area contributed by atoms with E-state index >= 15 is 0 Å². The molecule has 1 fully saturated rings. The zero-order valence-corrected chi connectivity index (χ0v) is 11.6. The summed E-state index contributed by atoms with van der Waals surface area (Å²) in [6.07, 6.45) is 1.87. The van der Waals surface area contributed by atoms with E-state index in [1.807, 2.05) is 11.8 Å². The van der Waals surface area contributed by atoms with Gasteiger partial charge in [-0.05, 0) is 25.2 Å². The fraction of sp³-hybridized carbons (Fsp3) is 0.692. The summed E-state index contributed by atoms with van der Waals surface area (Å²) in [4.78, 5) is 18.3. The first-order valence-corrected chi connectivity index (χ1v) is 7.11. The lowest BCUT2D eigenvalue weighted by Crippen LogP contribution is -2.24. The molecule has 3 nitrogen and oxygen atoms in total. The van der Waals surface area contributed by atoms with Crippen LogP contribution in [0.3, 0.4) is 0 Å². The number of nitrogens with zero attached hydrogens (tertiary/aromatic N) is 2. The topological polar surface area (TPSA) is 33.2 Å². The Balaban J connectivity index is 1.92. The zero-order valence-electron chi connectivity index (χ0n) is 10.8. The van der Waals surface area contributed by atoms with Crippen molar-refractivity contribution in [2.75, 3.05) is 6.54 Å². The van der Waals surface area contributed by atoms with Crippen molar-refractivity contribution in [2.24, 2.45) is 11.8 Å². The number of aromatic nitrogens is 1. The number of amides is 1. The van der Waals surface area contributed by atoms with Crippen molar-refractivity contribution < 1.29 is 4.79 Å². The molecule has 94 valence electrons. The third-order valence-corrected chi connectivity index (χ3v) is 3.94. The minimum Gasteiger partial charge on any atom is -0.336 e. The highest BCUT2D eigenvalue weighted by atomic mass is 32.1. The molecule has 0 aromatic carbocycles. The molecule has 2 rings (SSSR count). The maximum Gasteiger partial charge on any atom is 0.223 e. The monoisotopic (exact) mass is 252 g/mol. The Kier molecular flexibility index (Phi) is 3.82. The molecule has 0 saturated carbocycles. The summed E-state index contributed by atoms with van der Waals surface area (Å²) in [6.45, 7) is 8.04. The molecule has 1 aromatic heterocycles. The van der Waals surface area contributed by atoms with Crippen LogP contribution >= 0.6 is 11.3 Å². The van der Waals surface area contributed by atoms with Crippen molar-refractivity contribution in [3.05, 3.63) is 16.1 Å². The summed E-state index contributed by atoms with van der Waals surface area (Å²) in [5, 5.41) is 3.13. The van der Waals surface area contributed by atoms with E-state index in [1.54, 1.807) is 11.3 Å². The van der Waals surface area contributed by atoms with Crippen LogP contribution in [0.4, 0.5) is 0 Å². The summed E-state index contributed by atoms with van der Waals surface area (Å²) in [6, 6.07) is 0. The Hall–Kier alpha value is -0.900. The number of likely N-dealkylation sites (tertiary alicyclic amines) is 1. The number of thiazole rings is 1. The summed E-state index contributed by atoms with van der Waals surface area (Å²) >= 11 is 1.65. The van der Waals surface area contributed by atoms with E-state index in [-0.39, 0.29) is 0 Å². The van der Waals surface area contributed by atoms with Gasteiger partial charge in [0, 0.05) is 18.3 Å². The van der Waals surface area contributed by atoms with E-state index in [0.717, 1.165) is 30.1 Å². The molecule has 0 aliphatic carbocycles. The van der Waals surface area contributed by atoms with Crippen molar-refractivity contribution in [3.63, 3.8) is 0 Å². The van der Waals surface area contributed by atoms with Crippen molar-refractivity contribution in [2.45, 2.75) is 40.2 Å². The van der Waals surface area contributed by atoms with Gasteiger partial charge in [-0.15, -0.1) is 11.3 Å². The van der Waals surface area contributed by atoms with E-state index in [4.69, 9.17) is 0 Å². The molecule has 0 N–H and O–H groups in total. The first-order valence-electron chi connectivity index (χ1n) is 6.23. The first-order chi connectivity index (χ1) is 8.04. The van der Waals surface area contributed by atoms with E-state index < -0.39 is 0 Å². The van der Waals surface area contributed by atoms with Crippen LogP contribution in [0, 0.1) is 18.8 Å². The number of carbonyl (C=O) groups is 1. The largest absolute Gasteiger partial charge is 0.336 e. The van der Waals surface area contributed by atoms with E-state index in [1.165, 1.54) is 0 Å². The van der Waals surface area contributed by atoms with Gasteiger partial charge in [0.1, 0.15) is 0 Å². The van der Waals surface area contributed by atoms with Crippen molar-refractivity contribution in [3.8, 4) is 0 Å². The van der Waals surface area contributed by atoms with Crippen LogP contribution in [0.5, 0.6) is 0 Å². The molecule has 0 radical (unpaired) electrons. The molecule has 0 unspecified atom stereocenters.